The molecule has 0 unspecified atom stereocenters. The van der Waals surface area contributed by atoms with Crippen LogP contribution in [0.3, 0.4) is 0 Å². The number of hydrogen-bond acceptors (Lipinski definition) is 3. The van der Waals surface area contributed by atoms with Gasteiger partial charge < -0.3 is 9.47 Å². The summed E-state index contributed by atoms with van der Waals surface area (Å²) in [4.78, 5) is 18.5. The highest BCUT2D eigenvalue weighted by Crippen LogP contribution is 2.20. The summed E-state index contributed by atoms with van der Waals surface area (Å²) >= 11 is 0. The van der Waals surface area contributed by atoms with Gasteiger partial charge in [-0.1, -0.05) is 6.92 Å². The van der Waals surface area contributed by atoms with E-state index in [2.05, 4.69) is 19.7 Å². The number of H-pyrrole nitrogens is 1. The number of imidazole rings is 1. The summed E-state index contributed by atoms with van der Waals surface area (Å²) in [7, 11) is 1.85. The molecule has 112 valence electrons. The standard InChI is InChI=1S/C15H21N5O/c1-3-12-8-13(18-17-12)15(21)19(2)9-11-4-5-14-16-6-7-20(14)10-11/h6-8,11H,3-5,9-10H2,1-2H3,(H,17,18)/t11-/m1/s1. The predicted octanol–water partition coefficient (Wildman–Crippen LogP) is 1.50. The summed E-state index contributed by atoms with van der Waals surface area (Å²) in [5, 5.41) is 6.99. The fraction of sp³-hybridized carbons (Fsp3) is 0.533. The van der Waals surface area contributed by atoms with Crippen LogP contribution >= 0.6 is 0 Å². The van der Waals surface area contributed by atoms with Gasteiger partial charge in [0.15, 0.2) is 0 Å². The Balaban J connectivity index is 1.61. The minimum atomic E-state index is -0.0117. The van der Waals surface area contributed by atoms with Crippen molar-refractivity contribution in [2.45, 2.75) is 32.7 Å². The molecule has 6 nitrogen and oxygen atoms in total. The van der Waals surface area contributed by atoms with Crippen LogP contribution in [-0.4, -0.2) is 44.1 Å². The Morgan fingerprint density at radius 3 is 3.19 bits per heavy atom. The maximum atomic E-state index is 12.4. The molecule has 3 heterocycles. The van der Waals surface area contributed by atoms with Gasteiger partial charge in [-0.2, -0.15) is 5.10 Å². The third-order valence-electron chi connectivity index (χ3n) is 4.14. The van der Waals surface area contributed by atoms with E-state index in [1.165, 1.54) is 0 Å². The van der Waals surface area contributed by atoms with Gasteiger partial charge in [0.1, 0.15) is 11.5 Å². The molecule has 0 aliphatic carbocycles. The van der Waals surface area contributed by atoms with E-state index in [0.29, 0.717) is 11.6 Å². The molecule has 6 heteroatoms. The van der Waals surface area contributed by atoms with Gasteiger partial charge in [-0.05, 0) is 24.8 Å². The zero-order valence-corrected chi connectivity index (χ0v) is 12.5. The van der Waals surface area contributed by atoms with Gasteiger partial charge in [-0.3, -0.25) is 9.89 Å². The Labute approximate surface area is 124 Å². The normalized spacial score (nSPS) is 17.5. The molecule has 0 fully saturated rings. The Morgan fingerprint density at radius 1 is 1.57 bits per heavy atom. The fourth-order valence-corrected chi connectivity index (χ4v) is 2.90. The van der Waals surface area contributed by atoms with Crippen molar-refractivity contribution in [3.8, 4) is 0 Å². The molecule has 0 bridgehead atoms. The number of aromatic nitrogens is 4. The van der Waals surface area contributed by atoms with Crippen molar-refractivity contribution in [2.24, 2.45) is 5.92 Å². The molecular weight excluding hydrogens is 266 g/mol. The third kappa shape index (κ3) is 2.84. The van der Waals surface area contributed by atoms with E-state index in [0.717, 1.165) is 43.9 Å². The van der Waals surface area contributed by atoms with Crippen LogP contribution in [0.5, 0.6) is 0 Å². The van der Waals surface area contributed by atoms with Crippen molar-refractivity contribution in [3.05, 3.63) is 35.7 Å². The van der Waals surface area contributed by atoms with E-state index in [4.69, 9.17) is 0 Å². The first-order valence-corrected chi connectivity index (χ1v) is 7.47. The second kappa shape index (κ2) is 5.71. The molecule has 1 aliphatic heterocycles. The molecule has 0 radical (unpaired) electrons. The van der Waals surface area contributed by atoms with Crippen LogP contribution in [0.4, 0.5) is 0 Å². The van der Waals surface area contributed by atoms with E-state index < -0.39 is 0 Å². The highest BCUT2D eigenvalue weighted by atomic mass is 16.2. The van der Waals surface area contributed by atoms with Crippen LogP contribution in [0, 0.1) is 5.92 Å². The first-order valence-electron chi connectivity index (χ1n) is 7.47. The van der Waals surface area contributed by atoms with Gasteiger partial charge in [0.05, 0.1) is 0 Å². The lowest BCUT2D eigenvalue weighted by atomic mass is 9.99. The number of aryl methyl sites for hydroxylation is 2. The Morgan fingerprint density at radius 2 is 2.43 bits per heavy atom. The monoisotopic (exact) mass is 287 g/mol. The van der Waals surface area contributed by atoms with E-state index in [9.17, 15) is 4.79 Å². The third-order valence-corrected chi connectivity index (χ3v) is 4.14. The molecule has 1 amide bonds. The van der Waals surface area contributed by atoms with Gasteiger partial charge in [-0.25, -0.2) is 4.98 Å². The van der Waals surface area contributed by atoms with Crippen molar-refractivity contribution >= 4 is 5.91 Å². The van der Waals surface area contributed by atoms with Crippen molar-refractivity contribution in [1.29, 1.82) is 0 Å². The zero-order chi connectivity index (χ0) is 14.8. The first-order chi connectivity index (χ1) is 10.2. The van der Waals surface area contributed by atoms with Crippen molar-refractivity contribution < 1.29 is 4.79 Å². The summed E-state index contributed by atoms with van der Waals surface area (Å²) in [6, 6.07) is 1.84. The highest BCUT2D eigenvalue weighted by molar-refractivity contribution is 5.92. The first kappa shape index (κ1) is 13.9. The molecule has 0 saturated carbocycles. The summed E-state index contributed by atoms with van der Waals surface area (Å²) in [6.45, 7) is 3.73. The molecule has 0 saturated heterocycles. The molecule has 21 heavy (non-hydrogen) atoms. The Bertz CT molecular complexity index is 630. The van der Waals surface area contributed by atoms with Gasteiger partial charge in [0, 0.05) is 44.6 Å². The van der Waals surface area contributed by atoms with Gasteiger partial charge in [-0.15, -0.1) is 0 Å². The second-order valence-corrected chi connectivity index (χ2v) is 5.72. The average Bonchev–Trinajstić information content (AvgIpc) is 3.14. The lowest BCUT2D eigenvalue weighted by Gasteiger charge is -2.27. The number of rotatable bonds is 4. The number of nitrogens with zero attached hydrogens (tertiary/aromatic N) is 4. The molecule has 1 aliphatic rings. The highest BCUT2D eigenvalue weighted by Gasteiger charge is 2.23. The Kier molecular flexibility index (Phi) is 3.77. The van der Waals surface area contributed by atoms with Crippen molar-refractivity contribution in [2.75, 3.05) is 13.6 Å². The zero-order valence-electron chi connectivity index (χ0n) is 12.5. The maximum Gasteiger partial charge on any atom is 0.274 e. The van der Waals surface area contributed by atoms with E-state index >= 15 is 0 Å². The smallest absolute Gasteiger partial charge is 0.274 e. The largest absolute Gasteiger partial charge is 0.340 e. The van der Waals surface area contributed by atoms with Crippen LogP contribution < -0.4 is 0 Å². The van der Waals surface area contributed by atoms with E-state index in [1.54, 1.807) is 4.90 Å². The number of nitrogens with one attached hydrogen (secondary N) is 1. The lowest BCUT2D eigenvalue weighted by Crippen LogP contribution is -2.35. The quantitative estimate of drug-likeness (QED) is 0.926. The van der Waals surface area contributed by atoms with Crippen LogP contribution in [0.25, 0.3) is 0 Å². The summed E-state index contributed by atoms with van der Waals surface area (Å²) in [5.41, 5.74) is 1.50. The number of carbonyl (C=O) groups excluding carboxylic acids is 1. The summed E-state index contributed by atoms with van der Waals surface area (Å²) in [5.74, 6) is 1.62. The van der Waals surface area contributed by atoms with Crippen LogP contribution in [0.1, 0.15) is 35.4 Å². The number of fused-ring (bicyclic) bond motifs is 1. The fourth-order valence-electron chi connectivity index (χ4n) is 2.90. The van der Waals surface area contributed by atoms with Crippen LogP contribution in [-0.2, 0) is 19.4 Å². The second-order valence-electron chi connectivity index (χ2n) is 5.72. The van der Waals surface area contributed by atoms with Crippen molar-refractivity contribution in [1.82, 2.24) is 24.6 Å². The van der Waals surface area contributed by atoms with Crippen molar-refractivity contribution in [3.63, 3.8) is 0 Å². The number of aromatic amines is 1. The van der Waals surface area contributed by atoms with E-state index in [1.807, 2.05) is 32.4 Å². The van der Waals surface area contributed by atoms with Crippen LogP contribution in [0.15, 0.2) is 18.5 Å². The van der Waals surface area contributed by atoms with Gasteiger partial charge >= 0.3 is 0 Å². The molecule has 0 aromatic carbocycles. The molecule has 0 spiro atoms. The SMILES string of the molecule is CCc1cc(C(=O)N(C)C[C@H]2CCc3nccn3C2)n[nH]1. The maximum absolute atomic E-state index is 12.4. The number of carbonyl (C=O) groups is 1. The summed E-state index contributed by atoms with van der Waals surface area (Å²) < 4.78 is 2.19. The average molecular weight is 287 g/mol. The van der Waals surface area contributed by atoms with Crippen LogP contribution in [0.2, 0.25) is 0 Å². The molecule has 2 aromatic heterocycles. The predicted molar refractivity (Wildman–Crippen MR) is 79.0 cm³/mol. The molecular formula is C15H21N5O. The van der Waals surface area contributed by atoms with E-state index in [-0.39, 0.29) is 5.91 Å². The lowest BCUT2D eigenvalue weighted by molar-refractivity contribution is 0.0754. The number of amides is 1. The topological polar surface area (TPSA) is 66.8 Å². The summed E-state index contributed by atoms with van der Waals surface area (Å²) in [6.07, 6.45) is 6.79. The Hall–Kier alpha value is -2.11. The number of hydrogen-bond donors (Lipinski definition) is 1. The molecule has 1 N–H and O–H groups in total. The van der Waals surface area contributed by atoms with Gasteiger partial charge in [0.2, 0.25) is 0 Å². The van der Waals surface area contributed by atoms with Gasteiger partial charge in [0.25, 0.3) is 5.91 Å². The molecule has 3 rings (SSSR count). The molecule has 1 atom stereocenters. The minimum absolute atomic E-state index is 0.0117. The molecule has 2 aromatic rings. The minimum Gasteiger partial charge on any atom is -0.340 e.